The molecule has 0 bridgehead atoms. The normalized spacial score (nSPS) is 10.2. The number of rotatable bonds is 4. The van der Waals surface area contributed by atoms with Crippen LogP contribution in [0.4, 0.5) is 17.1 Å². The number of nitrogens with one attached hydrogen (secondary N) is 1. The fourth-order valence-electron chi connectivity index (χ4n) is 1.81. The van der Waals surface area contributed by atoms with Crippen LogP contribution in [-0.2, 0) is 6.54 Å². The van der Waals surface area contributed by atoms with Gasteiger partial charge in [-0.3, -0.25) is 10.1 Å². The number of anilines is 2. The molecule has 2 rings (SSSR count). The molecule has 0 saturated heterocycles. The molecule has 0 unspecified atom stereocenters. The summed E-state index contributed by atoms with van der Waals surface area (Å²) in [6, 6.07) is 12.9. The molecule has 19 heavy (non-hydrogen) atoms. The van der Waals surface area contributed by atoms with E-state index in [2.05, 4.69) is 5.32 Å². The summed E-state index contributed by atoms with van der Waals surface area (Å²) in [5, 5.41) is 14.0. The molecule has 0 heterocycles. The lowest BCUT2D eigenvalue weighted by Gasteiger charge is -2.08. The van der Waals surface area contributed by atoms with E-state index in [1.807, 2.05) is 31.2 Å². The summed E-state index contributed by atoms with van der Waals surface area (Å²) >= 11 is 0. The van der Waals surface area contributed by atoms with Crippen molar-refractivity contribution in [3.63, 3.8) is 0 Å². The molecule has 98 valence electrons. The summed E-state index contributed by atoms with van der Waals surface area (Å²) < 4.78 is 0. The number of hydrogen-bond acceptors (Lipinski definition) is 4. The van der Waals surface area contributed by atoms with Gasteiger partial charge in [-0.15, -0.1) is 0 Å². The molecule has 2 aromatic carbocycles. The number of benzene rings is 2. The molecule has 0 aliphatic rings. The highest BCUT2D eigenvalue weighted by molar-refractivity contribution is 5.74. The Balaban J connectivity index is 2.18. The molecule has 0 saturated carbocycles. The highest BCUT2D eigenvalue weighted by atomic mass is 16.6. The summed E-state index contributed by atoms with van der Waals surface area (Å²) in [6.45, 7) is 2.53. The average molecular weight is 257 g/mol. The summed E-state index contributed by atoms with van der Waals surface area (Å²) in [5.41, 5.74) is 8.39. The van der Waals surface area contributed by atoms with E-state index in [0.29, 0.717) is 12.2 Å². The summed E-state index contributed by atoms with van der Waals surface area (Å²) in [5.74, 6) is 0. The minimum absolute atomic E-state index is 0.0744. The number of nitrogen functional groups attached to an aromatic ring is 1. The number of aryl methyl sites for hydroxylation is 1. The minimum Gasteiger partial charge on any atom is -0.393 e. The summed E-state index contributed by atoms with van der Waals surface area (Å²) in [6.07, 6.45) is 0. The first kappa shape index (κ1) is 12.9. The van der Waals surface area contributed by atoms with Crippen LogP contribution in [0.2, 0.25) is 0 Å². The van der Waals surface area contributed by atoms with Gasteiger partial charge in [0.05, 0.1) is 4.92 Å². The molecule has 0 aliphatic carbocycles. The van der Waals surface area contributed by atoms with Crippen molar-refractivity contribution in [2.45, 2.75) is 13.5 Å². The van der Waals surface area contributed by atoms with Crippen LogP contribution in [0.5, 0.6) is 0 Å². The zero-order valence-corrected chi connectivity index (χ0v) is 10.6. The van der Waals surface area contributed by atoms with Gasteiger partial charge in [-0.1, -0.05) is 35.9 Å². The van der Waals surface area contributed by atoms with E-state index in [4.69, 9.17) is 5.73 Å². The summed E-state index contributed by atoms with van der Waals surface area (Å²) in [4.78, 5) is 10.5. The van der Waals surface area contributed by atoms with Crippen molar-refractivity contribution in [3.8, 4) is 0 Å². The molecule has 5 nitrogen and oxygen atoms in total. The highest BCUT2D eigenvalue weighted by Crippen LogP contribution is 2.30. The van der Waals surface area contributed by atoms with Crippen LogP contribution in [0.25, 0.3) is 0 Å². The van der Waals surface area contributed by atoms with Crippen molar-refractivity contribution in [1.29, 1.82) is 0 Å². The lowest BCUT2D eigenvalue weighted by atomic mass is 10.1. The van der Waals surface area contributed by atoms with Gasteiger partial charge in [-0.25, -0.2) is 0 Å². The third-order valence-electron chi connectivity index (χ3n) is 2.85. The number of hydrogen-bond donors (Lipinski definition) is 2. The first-order chi connectivity index (χ1) is 9.08. The Kier molecular flexibility index (Phi) is 3.66. The minimum atomic E-state index is -0.465. The maximum atomic E-state index is 11.0. The Labute approximate surface area is 111 Å². The number of para-hydroxylation sites is 1. The van der Waals surface area contributed by atoms with Gasteiger partial charge in [0.25, 0.3) is 0 Å². The zero-order valence-electron chi connectivity index (χ0n) is 10.6. The van der Waals surface area contributed by atoms with E-state index in [1.54, 1.807) is 12.1 Å². The van der Waals surface area contributed by atoms with E-state index >= 15 is 0 Å². The van der Waals surface area contributed by atoms with Gasteiger partial charge in [0, 0.05) is 6.54 Å². The second-order valence-corrected chi connectivity index (χ2v) is 4.34. The maximum Gasteiger partial charge on any atom is 0.314 e. The number of nitro groups is 1. The lowest BCUT2D eigenvalue weighted by molar-refractivity contribution is -0.383. The topological polar surface area (TPSA) is 81.2 Å². The lowest BCUT2D eigenvalue weighted by Crippen LogP contribution is -2.04. The van der Waals surface area contributed by atoms with Crippen LogP contribution < -0.4 is 11.1 Å². The monoisotopic (exact) mass is 257 g/mol. The first-order valence-corrected chi connectivity index (χ1v) is 5.90. The maximum absolute atomic E-state index is 11.0. The SMILES string of the molecule is Cc1ccc(CNc2cccc(N)c2[N+](=O)[O-])cc1. The van der Waals surface area contributed by atoms with Crippen LogP contribution in [0, 0.1) is 17.0 Å². The van der Waals surface area contributed by atoms with Gasteiger partial charge in [-0.2, -0.15) is 0 Å². The third-order valence-corrected chi connectivity index (χ3v) is 2.85. The third kappa shape index (κ3) is 3.01. The second-order valence-electron chi connectivity index (χ2n) is 4.34. The molecule has 0 amide bonds. The predicted molar refractivity (Wildman–Crippen MR) is 76.0 cm³/mol. The van der Waals surface area contributed by atoms with Crippen LogP contribution in [-0.4, -0.2) is 4.92 Å². The quantitative estimate of drug-likeness (QED) is 0.501. The van der Waals surface area contributed by atoms with E-state index in [9.17, 15) is 10.1 Å². The van der Waals surface area contributed by atoms with Crippen LogP contribution in [0.15, 0.2) is 42.5 Å². The van der Waals surface area contributed by atoms with Gasteiger partial charge in [-0.05, 0) is 24.6 Å². The van der Waals surface area contributed by atoms with E-state index in [0.717, 1.165) is 5.56 Å². The smallest absolute Gasteiger partial charge is 0.314 e. The molecule has 2 aromatic rings. The highest BCUT2D eigenvalue weighted by Gasteiger charge is 2.17. The predicted octanol–water partition coefficient (Wildman–Crippen LogP) is 3.10. The largest absolute Gasteiger partial charge is 0.393 e. The molecule has 0 radical (unpaired) electrons. The van der Waals surface area contributed by atoms with Gasteiger partial charge in [0.15, 0.2) is 0 Å². The molecule has 0 atom stereocenters. The van der Waals surface area contributed by atoms with Crippen molar-refractivity contribution in [1.82, 2.24) is 0 Å². The standard InChI is InChI=1S/C14H15N3O2/c1-10-5-7-11(8-6-10)9-16-13-4-2-3-12(15)14(13)17(18)19/h2-8,16H,9,15H2,1H3. The molecular formula is C14H15N3O2. The van der Waals surface area contributed by atoms with E-state index < -0.39 is 4.92 Å². The van der Waals surface area contributed by atoms with Crippen molar-refractivity contribution in [2.24, 2.45) is 0 Å². The second kappa shape index (κ2) is 5.39. The Hall–Kier alpha value is -2.56. The molecule has 0 aliphatic heterocycles. The molecule has 0 aromatic heterocycles. The molecule has 0 spiro atoms. The molecule has 5 heteroatoms. The Morgan fingerprint density at radius 1 is 1.21 bits per heavy atom. The Morgan fingerprint density at radius 3 is 2.53 bits per heavy atom. The Morgan fingerprint density at radius 2 is 1.89 bits per heavy atom. The fraction of sp³-hybridized carbons (Fsp3) is 0.143. The van der Waals surface area contributed by atoms with E-state index in [-0.39, 0.29) is 11.4 Å². The van der Waals surface area contributed by atoms with E-state index in [1.165, 1.54) is 11.6 Å². The van der Waals surface area contributed by atoms with Crippen molar-refractivity contribution >= 4 is 17.1 Å². The van der Waals surface area contributed by atoms with Crippen LogP contribution in [0.3, 0.4) is 0 Å². The zero-order chi connectivity index (χ0) is 13.8. The van der Waals surface area contributed by atoms with Crippen LogP contribution >= 0.6 is 0 Å². The van der Waals surface area contributed by atoms with Gasteiger partial charge >= 0.3 is 5.69 Å². The molecule has 3 N–H and O–H groups in total. The van der Waals surface area contributed by atoms with Gasteiger partial charge in [0.2, 0.25) is 0 Å². The van der Waals surface area contributed by atoms with Crippen molar-refractivity contribution in [3.05, 3.63) is 63.7 Å². The fourth-order valence-corrected chi connectivity index (χ4v) is 1.81. The summed E-state index contributed by atoms with van der Waals surface area (Å²) in [7, 11) is 0. The van der Waals surface area contributed by atoms with Crippen molar-refractivity contribution < 1.29 is 4.92 Å². The Bertz CT molecular complexity index is 594. The molecular weight excluding hydrogens is 242 g/mol. The van der Waals surface area contributed by atoms with Gasteiger partial charge in [0.1, 0.15) is 11.4 Å². The number of nitrogens with zero attached hydrogens (tertiary/aromatic N) is 1. The first-order valence-electron chi connectivity index (χ1n) is 5.90. The van der Waals surface area contributed by atoms with Crippen molar-refractivity contribution in [2.75, 3.05) is 11.1 Å². The van der Waals surface area contributed by atoms with Gasteiger partial charge < -0.3 is 11.1 Å². The molecule has 0 fully saturated rings. The number of nitro benzene ring substituents is 1. The van der Waals surface area contributed by atoms with Crippen LogP contribution in [0.1, 0.15) is 11.1 Å². The average Bonchev–Trinajstić information content (AvgIpc) is 2.37. The number of nitrogens with two attached hydrogens (primary N) is 1.